The molecule has 0 spiro atoms. The van der Waals surface area contributed by atoms with Crippen LogP contribution < -0.4 is 10.5 Å². The normalized spacial score (nSPS) is 15.7. The number of fused-ring (bicyclic) bond motifs is 4. The van der Waals surface area contributed by atoms with Crippen LogP contribution in [0.3, 0.4) is 0 Å². The Kier molecular flexibility index (Phi) is 4.34. The third-order valence-corrected chi connectivity index (χ3v) is 6.00. The van der Waals surface area contributed by atoms with Gasteiger partial charge in [0, 0.05) is 16.5 Å². The Labute approximate surface area is 179 Å². The number of aryl methyl sites for hydroxylation is 1. The predicted molar refractivity (Wildman–Crippen MR) is 119 cm³/mol. The Morgan fingerprint density at radius 2 is 1.93 bits per heavy atom. The van der Waals surface area contributed by atoms with Gasteiger partial charge in [0.1, 0.15) is 22.5 Å². The molecule has 0 fully saturated rings. The van der Waals surface area contributed by atoms with E-state index in [-0.39, 0.29) is 5.88 Å². The summed E-state index contributed by atoms with van der Waals surface area (Å²) in [7, 11) is 0. The van der Waals surface area contributed by atoms with E-state index in [0.29, 0.717) is 16.5 Å². The van der Waals surface area contributed by atoms with Crippen LogP contribution in [0.25, 0.3) is 21.7 Å². The molecule has 3 aromatic carbocycles. The maximum absolute atomic E-state index is 9.95. The van der Waals surface area contributed by atoms with E-state index in [4.69, 9.17) is 22.1 Å². The molecule has 5 heteroatoms. The van der Waals surface area contributed by atoms with Gasteiger partial charge in [-0.1, -0.05) is 54.9 Å². The van der Waals surface area contributed by atoms with E-state index in [0.717, 1.165) is 39.2 Å². The first-order valence-electron chi connectivity index (χ1n) is 9.79. The second-order valence-corrected chi connectivity index (χ2v) is 7.73. The third kappa shape index (κ3) is 2.79. The quantitative estimate of drug-likeness (QED) is 0.422. The summed E-state index contributed by atoms with van der Waals surface area (Å²) in [5.41, 5.74) is 10.2. The summed E-state index contributed by atoms with van der Waals surface area (Å²) in [6, 6.07) is 22.3. The van der Waals surface area contributed by atoms with Gasteiger partial charge in [-0.05, 0) is 47.0 Å². The van der Waals surface area contributed by atoms with Gasteiger partial charge >= 0.3 is 0 Å². The van der Waals surface area contributed by atoms with Crippen molar-refractivity contribution in [3.63, 3.8) is 0 Å². The van der Waals surface area contributed by atoms with E-state index >= 15 is 0 Å². The molecule has 0 aliphatic carbocycles. The lowest BCUT2D eigenvalue weighted by molar-refractivity contribution is 0.395. The lowest BCUT2D eigenvalue weighted by Gasteiger charge is -2.28. The minimum Gasteiger partial charge on any atom is -0.440 e. The molecule has 0 amide bonds. The van der Waals surface area contributed by atoms with Crippen molar-refractivity contribution in [3.8, 4) is 11.8 Å². The number of nitrogens with zero attached hydrogens (tertiary/aromatic N) is 2. The summed E-state index contributed by atoms with van der Waals surface area (Å²) in [5, 5.41) is 13.3. The van der Waals surface area contributed by atoms with E-state index in [2.05, 4.69) is 30.1 Å². The molecule has 4 aromatic rings. The van der Waals surface area contributed by atoms with Crippen LogP contribution in [0.4, 0.5) is 0 Å². The van der Waals surface area contributed by atoms with Crippen LogP contribution in [0.15, 0.2) is 72.1 Å². The van der Waals surface area contributed by atoms with Crippen LogP contribution in [0.2, 0.25) is 5.15 Å². The highest BCUT2D eigenvalue weighted by Gasteiger charge is 2.34. The number of nitriles is 1. The fraction of sp³-hybridized carbons (Fsp3) is 0.120. The number of aromatic nitrogens is 1. The first kappa shape index (κ1) is 18.5. The van der Waals surface area contributed by atoms with Gasteiger partial charge in [-0.3, -0.25) is 0 Å². The van der Waals surface area contributed by atoms with E-state index < -0.39 is 5.92 Å². The van der Waals surface area contributed by atoms with Crippen molar-refractivity contribution in [3.05, 3.63) is 94.0 Å². The Morgan fingerprint density at radius 3 is 2.73 bits per heavy atom. The maximum Gasteiger partial charge on any atom is 0.205 e. The van der Waals surface area contributed by atoms with Gasteiger partial charge in [-0.25, -0.2) is 4.98 Å². The van der Waals surface area contributed by atoms with E-state index in [1.807, 2.05) is 48.5 Å². The van der Waals surface area contributed by atoms with Crippen molar-refractivity contribution in [2.75, 3.05) is 0 Å². The summed E-state index contributed by atoms with van der Waals surface area (Å²) < 4.78 is 5.83. The topological polar surface area (TPSA) is 71.9 Å². The zero-order valence-corrected chi connectivity index (χ0v) is 17.1. The van der Waals surface area contributed by atoms with Crippen LogP contribution in [0.1, 0.15) is 29.5 Å². The summed E-state index contributed by atoms with van der Waals surface area (Å²) >= 11 is 6.67. The van der Waals surface area contributed by atoms with Gasteiger partial charge in [0.25, 0.3) is 0 Å². The van der Waals surface area contributed by atoms with Crippen molar-refractivity contribution in [1.82, 2.24) is 4.98 Å². The zero-order chi connectivity index (χ0) is 20.8. The third-order valence-electron chi connectivity index (χ3n) is 5.69. The van der Waals surface area contributed by atoms with Gasteiger partial charge in [-0.15, -0.1) is 0 Å². The van der Waals surface area contributed by atoms with Crippen LogP contribution in [0, 0.1) is 11.3 Å². The zero-order valence-electron chi connectivity index (χ0n) is 16.3. The lowest BCUT2D eigenvalue weighted by Crippen LogP contribution is -2.21. The molecule has 0 bridgehead atoms. The second-order valence-electron chi connectivity index (χ2n) is 7.37. The van der Waals surface area contributed by atoms with Crippen LogP contribution in [-0.2, 0) is 6.42 Å². The number of pyridine rings is 1. The molecule has 1 atom stereocenters. The number of rotatable bonds is 2. The summed E-state index contributed by atoms with van der Waals surface area (Å²) in [4.78, 5) is 4.62. The van der Waals surface area contributed by atoms with Crippen LogP contribution >= 0.6 is 11.6 Å². The highest BCUT2D eigenvalue weighted by Crippen LogP contribution is 2.47. The molecule has 146 valence electrons. The number of hydrogen-bond donors (Lipinski definition) is 1. The lowest BCUT2D eigenvalue weighted by atomic mass is 9.81. The van der Waals surface area contributed by atoms with Crippen LogP contribution in [-0.4, -0.2) is 4.98 Å². The monoisotopic (exact) mass is 411 g/mol. The fourth-order valence-electron chi connectivity index (χ4n) is 4.19. The molecule has 5 rings (SSSR count). The van der Waals surface area contributed by atoms with Crippen molar-refractivity contribution in [1.29, 1.82) is 5.26 Å². The van der Waals surface area contributed by atoms with Crippen molar-refractivity contribution < 1.29 is 4.74 Å². The van der Waals surface area contributed by atoms with Gasteiger partial charge in [-0.2, -0.15) is 5.26 Å². The molecular formula is C25H18ClN3O. The number of allylic oxidation sites excluding steroid dienone is 1. The van der Waals surface area contributed by atoms with Gasteiger partial charge in [0.2, 0.25) is 5.88 Å². The minimum absolute atomic E-state index is 0.101. The van der Waals surface area contributed by atoms with Gasteiger partial charge in [0.05, 0.1) is 11.4 Å². The van der Waals surface area contributed by atoms with E-state index in [1.54, 1.807) is 0 Å². The standard InChI is InChI=1S/C25H18ClN3O/c1-2-14-7-9-20-16(11-14)12-18(24(26)29-20)22-19(13-27)25(28)30-21-10-8-15-5-3-4-6-17(15)23(21)22/h3-12,22H,2,28H2,1H3/t22-/m1/s1. The molecule has 1 aliphatic rings. The molecule has 1 aliphatic heterocycles. The minimum atomic E-state index is -0.459. The number of nitrogens with two attached hydrogens (primary N) is 1. The van der Waals surface area contributed by atoms with Crippen LogP contribution in [0.5, 0.6) is 5.75 Å². The van der Waals surface area contributed by atoms with Crippen molar-refractivity contribution >= 4 is 33.3 Å². The summed E-state index contributed by atoms with van der Waals surface area (Å²) in [6.45, 7) is 2.11. The first-order chi connectivity index (χ1) is 14.6. The molecule has 2 N–H and O–H groups in total. The Morgan fingerprint density at radius 1 is 1.10 bits per heavy atom. The average molecular weight is 412 g/mol. The highest BCUT2D eigenvalue weighted by molar-refractivity contribution is 6.30. The average Bonchev–Trinajstić information content (AvgIpc) is 2.77. The SMILES string of the molecule is CCc1ccc2nc(Cl)c([C@@H]3C(C#N)=C(N)Oc4ccc5ccccc5c43)cc2c1. The second kappa shape index (κ2) is 7.05. The maximum atomic E-state index is 9.95. The molecular weight excluding hydrogens is 394 g/mol. The molecule has 0 unspecified atom stereocenters. The van der Waals surface area contributed by atoms with E-state index in [1.165, 1.54) is 5.56 Å². The molecule has 2 heterocycles. The number of ether oxygens (including phenoxy) is 1. The molecule has 0 saturated heterocycles. The molecule has 30 heavy (non-hydrogen) atoms. The summed E-state index contributed by atoms with van der Waals surface area (Å²) in [6.07, 6.45) is 0.926. The van der Waals surface area contributed by atoms with Crippen molar-refractivity contribution in [2.45, 2.75) is 19.3 Å². The molecule has 0 radical (unpaired) electrons. The van der Waals surface area contributed by atoms with Gasteiger partial charge < -0.3 is 10.5 Å². The van der Waals surface area contributed by atoms with E-state index in [9.17, 15) is 5.26 Å². The number of benzene rings is 3. The smallest absolute Gasteiger partial charge is 0.205 e. The largest absolute Gasteiger partial charge is 0.440 e. The molecule has 0 saturated carbocycles. The van der Waals surface area contributed by atoms with Gasteiger partial charge in [0.15, 0.2) is 0 Å². The Balaban J connectivity index is 1.85. The van der Waals surface area contributed by atoms with Crippen molar-refractivity contribution in [2.24, 2.45) is 5.73 Å². The highest BCUT2D eigenvalue weighted by atomic mass is 35.5. The summed E-state index contributed by atoms with van der Waals surface area (Å²) in [5.74, 6) is 0.275. The Hall–Kier alpha value is -3.55. The molecule has 1 aromatic heterocycles. The fourth-order valence-corrected chi connectivity index (χ4v) is 4.45. The number of hydrogen-bond acceptors (Lipinski definition) is 4. The number of halogens is 1. The predicted octanol–water partition coefficient (Wildman–Crippen LogP) is 5.82. The Bertz CT molecular complexity index is 1400. The first-order valence-corrected chi connectivity index (χ1v) is 10.2. The molecule has 4 nitrogen and oxygen atoms in total.